The second kappa shape index (κ2) is 18.7. The second-order valence-electron chi connectivity index (χ2n) is 16.9. The van der Waals surface area contributed by atoms with Crippen LogP contribution in [0.5, 0.6) is 0 Å². The largest absolute Gasteiger partial charge is 0.465 e. The molecular formula is C44H57N7O9. The highest BCUT2D eigenvalue weighted by atomic mass is 16.5. The van der Waals surface area contributed by atoms with Gasteiger partial charge in [0.1, 0.15) is 23.9 Å². The number of nitrogens with zero attached hydrogens (tertiary/aromatic N) is 4. The SMILES string of the molecule is COC(=O)N[C@H](C(=O)N1CC2(CCOCC2)CC1C(=O)NCC(=O)c1ccc(-c2ccc(-c3c[nH]c([C@@H]4CCCN4C(=O)[C@H](C(C)C)N(C)C(=O)O)n3)cc2)cc1)C(C)C. The average Bonchev–Trinajstić information content (AvgIpc) is 4.01. The number of benzene rings is 2. The Morgan fingerprint density at radius 3 is 2.17 bits per heavy atom. The Labute approximate surface area is 350 Å². The number of hydrogen-bond acceptors (Lipinski definition) is 9. The number of likely N-dealkylation sites (N-methyl/N-ethyl adjacent to an activating group) is 1. The van der Waals surface area contributed by atoms with Crippen molar-refractivity contribution in [3.05, 3.63) is 66.1 Å². The lowest BCUT2D eigenvalue weighted by molar-refractivity contribution is -0.140. The van der Waals surface area contributed by atoms with Crippen molar-refractivity contribution in [1.82, 2.24) is 35.3 Å². The summed E-state index contributed by atoms with van der Waals surface area (Å²) >= 11 is 0. The van der Waals surface area contributed by atoms with E-state index in [1.807, 2.05) is 70.3 Å². The number of rotatable bonds is 13. The summed E-state index contributed by atoms with van der Waals surface area (Å²) in [6.07, 6.45) is 3.29. The zero-order valence-corrected chi connectivity index (χ0v) is 35.2. The summed E-state index contributed by atoms with van der Waals surface area (Å²) in [5, 5.41) is 15.0. The number of H-pyrrole nitrogens is 1. The van der Waals surface area contributed by atoms with Gasteiger partial charge < -0.3 is 40.0 Å². The first kappa shape index (κ1) is 43.8. The van der Waals surface area contributed by atoms with Crippen LogP contribution in [0.1, 0.15) is 82.0 Å². The van der Waals surface area contributed by atoms with Crippen LogP contribution in [-0.2, 0) is 23.9 Å². The van der Waals surface area contributed by atoms with E-state index in [0.717, 1.165) is 34.4 Å². The number of carbonyl (C=O) groups excluding carboxylic acids is 5. The lowest BCUT2D eigenvalue weighted by atomic mass is 9.78. The maximum absolute atomic E-state index is 13.9. The molecule has 322 valence electrons. The van der Waals surface area contributed by atoms with Gasteiger partial charge in [-0.2, -0.15) is 0 Å². The highest BCUT2D eigenvalue weighted by Crippen LogP contribution is 2.43. The van der Waals surface area contributed by atoms with Gasteiger partial charge in [-0.25, -0.2) is 14.6 Å². The predicted octanol–water partition coefficient (Wildman–Crippen LogP) is 5.12. The summed E-state index contributed by atoms with van der Waals surface area (Å²) in [5.41, 5.74) is 3.53. The molecule has 0 saturated carbocycles. The Morgan fingerprint density at radius 2 is 1.57 bits per heavy atom. The van der Waals surface area contributed by atoms with Gasteiger partial charge in [0.2, 0.25) is 17.7 Å². The molecule has 0 radical (unpaired) electrons. The number of alkyl carbamates (subject to hydrolysis) is 1. The normalized spacial score (nSPS) is 19.6. The molecule has 1 aromatic heterocycles. The van der Waals surface area contributed by atoms with E-state index in [-0.39, 0.29) is 47.4 Å². The smallest absolute Gasteiger partial charge is 0.407 e. The van der Waals surface area contributed by atoms with E-state index >= 15 is 0 Å². The number of ketones is 1. The first-order valence-electron chi connectivity index (χ1n) is 20.7. The topological polar surface area (TPSA) is 204 Å². The number of aromatic nitrogens is 2. The molecule has 4 N–H and O–H groups in total. The molecule has 3 saturated heterocycles. The summed E-state index contributed by atoms with van der Waals surface area (Å²) in [6, 6.07) is 12.2. The number of Topliss-reactive ketones (excluding diaryl/α,β-unsaturated/α-hetero) is 1. The molecule has 4 atom stereocenters. The number of likely N-dealkylation sites (tertiary alicyclic amines) is 2. The van der Waals surface area contributed by atoms with Crippen molar-refractivity contribution in [2.75, 3.05) is 47.0 Å². The third kappa shape index (κ3) is 9.48. The average molecular weight is 828 g/mol. The molecule has 3 aromatic rings. The monoisotopic (exact) mass is 827 g/mol. The Bertz CT molecular complexity index is 2040. The van der Waals surface area contributed by atoms with Crippen LogP contribution in [-0.4, -0.2) is 131 Å². The maximum Gasteiger partial charge on any atom is 0.407 e. The number of nitrogens with one attached hydrogen (secondary N) is 3. The van der Waals surface area contributed by atoms with Crippen LogP contribution in [0.3, 0.4) is 0 Å². The Hall–Kier alpha value is -5.77. The molecule has 16 nitrogen and oxygen atoms in total. The van der Waals surface area contributed by atoms with Gasteiger partial charge in [-0.1, -0.05) is 76.2 Å². The van der Waals surface area contributed by atoms with Crippen LogP contribution in [0.2, 0.25) is 0 Å². The number of carboxylic acid groups (broad SMARTS) is 1. The molecule has 2 aromatic carbocycles. The van der Waals surface area contributed by atoms with Gasteiger partial charge in [0.25, 0.3) is 0 Å². The molecule has 3 aliphatic heterocycles. The lowest BCUT2D eigenvalue weighted by Gasteiger charge is -2.34. The molecule has 6 rings (SSSR count). The fraction of sp³-hybridized carbons (Fsp3) is 0.523. The summed E-state index contributed by atoms with van der Waals surface area (Å²) in [7, 11) is 2.66. The summed E-state index contributed by atoms with van der Waals surface area (Å²) in [4.78, 5) is 90.8. The van der Waals surface area contributed by atoms with E-state index < -0.39 is 36.2 Å². The van der Waals surface area contributed by atoms with E-state index in [0.29, 0.717) is 62.6 Å². The number of imidazole rings is 1. The number of ether oxygens (including phenoxy) is 2. The van der Waals surface area contributed by atoms with Gasteiger partial charge in [-0.3, -0.25) is 24.1 Å². The van der Waals surface area contributed by atoms with Crippen LogP contribution in [0.15, 0.2) is 54.7 Å². The molecule has 0 bridgehead atoms. The van der Waals surface area contributed by atoms with E-state index in [1.165, 1.54) is 14.2 Å². The minimum absolute atomic E-state index is 0.197. The Morgan fingerprint density at radius 1 is 0.933 bits per heavy atom. The van der Waals surface area contributed by atoms with Crippen molar-refractivity contribution in [2.24, 2.45) is 17.3 Å². The molecule has 0 aliphatic carbocycles. The van der Waals surface area contributed by atoms with Crippen molar-refractivity contribution in [3.63, 3.8) is 0 Å². The van der Waals surface area contributed by atoms with Gasteiger partial charge in [0.05, 0.1) is 25.4 Å². The molecule has 4 heterocycles. The number of carbonyl (C=O) groups is 6. The quantitative estimate of drug-likeness (QED) is 0.168. The van der Waals surface area contributed by atoms with Crippen molar-refractivity contribution < 1.29 is 43.3 Å². The highest BCUT2D eigenvalue weighted by molar-refractivity contribution is 6.01. The van der Waals surface area contributed by atoms with Crippen molar-refractivity contribution in [2.45, 2.75) is 84.0 Å². The van der Waals surface area contributed by atoms with Gasteiger partial charge in [0.15, 0.2) is 5.78 Å². The molecule has 16 heteroatoms. The molecule has 5 amide bonds. The van der Waals surface area contributed by atoms with Gasteiger partial charge in [-0.05, 0) is 60.5 Å². The minimum Gasteiger partial charge on any atom is -0.465 e. The second-order valence-corrected chi connectivity index (χ2v) is 16.9. The number of hydrogen-bond donors (Lipinski definition) is 4. The van der Waals surface area contributed by atoms with Crippen molar-refractivity contribution in [3.8, 4) is 22.4 Å². The van der Waals surface area contributed by atoms with E-state index in [2.05, 4.69) is 15.6 Å². The predicted molar refractivity (Wildman–Crippen MR) is 222 cm³/mol. The van der Waals surface area contributed by atoms with E-state index in [1.54, 1.807) is 21.9 Å². The molecule has 1 unspecified atom stereocenters. The van der Waals surface area contributed by atoms with E-state index in [9.17, 15) is 33.9 Å². The highest BCUT2D eigenvalue weighted by Gasteiger charge is 2.50. The lowest BCUT2D eigenvalue weighted by Crippen LogP contribution is -2.55. The zero-order valence-electron chi connectivity index (χ0n) is 35.2. The third-order valence-corrected chi connectivity index (χ3v) is 12.2. The van der Waals surface area contributed by atoms with Crippen molar-refractivity contribution >= 4 is 35.7 Å². The van der Waals surface area contributed by atoms with E-state index in [4.69, 9.17) is 14.5 Å². The molecular weight excluding hydrogens is 771 g/mol. The standard InChI is InChI=1S/C44H57N7O9/c1-26(2)36(48-42(56)59-6)40(54)51-25-44(17-20-60-21-18-44)22-34(51)39(53)46-24-35(52)31-15-11-29(12-16-31)28-9-13-30(14-10-28)32-23-45-38(47-32)33-8-7-19-50(33)41(55)37(27(3)4)49(5)43(57)58/h9-16,23,26-27,33-34,36-37H,7-8,17-22,24-25H2,1-6H3,(H,45,47)(H,46,53)(H,48,56)(H,57,58)/t33-,34?,36-,37-/m0/s1. The van der Waals surface area contributed by atoms with Gasteiger partial charge in [-0.15, -0.1) is 0 Å². The Balaban J connectivity index is 1.07. The summed E-state index contributed by atoms with van der Waals surface area (Å²) in [5.74, 6) is -1.09. The van der Waals surface area contributed by atoms with Gasteiger partial charge >= 0.3 is 12.2 Å². The first-order chi connectivity index (χ1) is 28.6. The molecule has 1 spiro atoms. The summed E-state index contributed by atoms with van der Waals surface area (Å²) < 4.78 is 10.3. The molecule has 3 fully saturated rings. The van der Waals surface area contributed by atoms with Crippen molar-refractivity contribution in [1.29, 1.82) is 0 Å². The molecule has 60 heavy (non-hydrogen) atoms. The number of aromatic amines is 1. The molecule has 3 aliphatic rings. The fourth-order valence-corrected chi connectivity index (χ4v) is 8.79. The zero-order chi connectivity index (χ0) is 43.3. The summed E-state index contributed by atoms with van der Waals surface area (Å²) in [6.45, 7) is 9.03. The first-order valence-corrected chi connectivity index (χ1v) is 20.7. The van der Waals surface area contributed by atoms with Gasteiger partial charge in [0, 0.05) is 50.7 Å². The van der Waals surface area contributed by atoms with Crippen LogP contribution >= 0.6 is 0 Å². The van der Waals surface area contributed by atoms with Crippen LogP contribution in [0, 0.1) is 17.3 Å². The number of amides is 5. The number of methoxy groups -OCH3 is 1. The fourth-order valence-electron chi connectivity index (χ4n) is 8.79. The van der Waals surface area contributed by atoms with Crippen LogP contribution in [0.25, 0.3) is 22.4 Å². The third-order valence-electron chi connectivity index (χ3n) is 12.2. The minimum atomic E-state index is -1.15. The maximum atomic E-state index is 13.9. The van der Waals surface area contributed by atoms with Crippen LogP contribution in [0.4, 0.5) is 9.59 Å². The Kier molecular flexibility index (Phi) is 13.6. The van der Waals surface area contributed by atoms with Crippen LogP contribution < -0.4 is 10.6 Å².